The molecule has 0 spiro atoms. The van der Waals surface area contributed by atoms with Crippen LogP contribution in [0.5, 0.6) is 0 Å². The summed E-state index contributed by atoms with van der Waals surface area (Å²) in [5.41, 5.74) is -0.259. The number of likely N-dealkylation sites (N-methyl/N-ethyl adjacent to an activating group) is 1. The first-order valence-corrected chi connectivity index (χ1v) is 6.75. The third-order valence-electron chi connectivity index (χ3n) is 4.39. The van der Waals surface area contributed by atoms with E-state index in [0.717, 1.165) is 32.4 Å². The number of hydrogen-bond acceptors (Lipinski definition) is 3. The van der Waals surface area contributed by atoms with E-state index in [4.69, 9.17) is 0 Å². The van der Waals surface area contributed by atoms with Crippen LogP contribution in [0.3, 0.4) is 0 Å². The Morgan fingerprint density at radius 2 is 2.17 bits per heavy atom. The molecule has 0 unspecified atom stereocenters. The van der Waals surface area contributed by atoms with Crippen molar-refractivity contribution in [3.63, 3.8) is 0 Å². The molecule has 1 aliphatic heterocycles. The van der Waals surface area contributed by atoms with Gasteiger partial charge in [-0.3, -0.25) is 9.59 Å². The second-order valence-electron chi connectivity index (χ2n) is 5.70. The van der Waals surface area contributed by atoms with E-state index in [1.54, 1.807) is 14.1 Å². The molecule has 2 rings (SSSR count). The number of nitrogens with zero attached hydrogens (tertiary/aromatic N) is 1. The van der Waals surface area contributed by atoms with E-state index in [-0.39, 0.29) is 23.8 Å². The molecule has 0 bridgehead atoms. The van der Waals surface area contributed by atoms with E-state index < -0.39 is 0 Å². The zero-order valence-electron chi connectivity index (χ0n) is 11.3. The monoisotopic (exact) mass is 253 g/mol. The molecule has 0 aromatic rings. The normalized spacial score (nSPS) is 30.7. The summed E-state index contributed by atoms with van der Waals surface area (Å²) in [6.45, 7) is 1.81. The van der Waals surface area contributed by atoms with Crippen LogP contribution in [0.1, 0.15) is 25.7 Å². The van der Waals surface area contributed by atoms with Crippen LogP contribution in [0.4, 0.5) is 0 Å². The topological polar surface area (TPSA) is 61.4 Å². The van der Waals surface area contributed by atoms with Gasteiger partial charge in [-0.25, -0.2) is 0 Å². The van der Waals surface area contributed by atoms with Gasteiger partial charge in [0.05, 0.1) is 12.0 Å². The van der Waals surface area contributed by atoms with Crippen molar-refractivity contribution in [2.75, 3.05) is 33.7 Å². The van der Waals surface area contributed by atoms with Gasteiger partial charge in [0.15, 0.2) is 0 Å². The van der Waals surface area contributed by atoms with E-state index in [2.05, 4.69) is 10.6 Å². The van der Waals surface area contributed by atoms with Crippen molar-refractivity contribution in [2.45, 2.75) is 25.7 Å². The highest BCUT2D eigenvalue weighted by molar-refractivity contribution is 5.88. The Kier molecular flexibility index (Phi) is 3.90. The number of fused-ring (bicyclic) bond motifs is 1. The molecule has 2 amide bonds. The Labute approximate surface area is 108 Å². The maximum Gasteiger partial charge on any atom is 0.241 e. The van der Waals surface area contributed by atoms with Crippen LogP contribution >= 0.6 is 0 Å². The molecule has 5 nitrogen and oxygen atoms in total. The second kappa shape index (κ2) is 5.26. The first-order valence-electron chi connectivity index (χ1n) is 6.75. The van der Waals surface area contributed by atoms with Gasteiger partial charge in [-0.1, -0.05) is 12.8 Å². The summed E-state index contributed by atoms with van der Waals surface area (Å²) in [7, 11) is 3.40. The van der Waals surface area contributed by atoms with Crippen LogP contribution in [0.2, 0.25) is 0 Å². The Morgan fingerprint density at radius 1 is 1.39 bits per heavy atom. The van der Waals surface area contributed by atoms with Crippen LogP contribution < -0.4 is 10.6 Å². The first-order chi connectivity index (χ1) is 8.56. The van der Waals surface area contributed by atoms with Gasteiger partial charge in [0.25, 0.3) is 0 Å². The lowest BCUT2D eigenvalue weighted by molar-refractivity contribution is -0.137. The van der Waals surface area contributed by atoms with Gasteiger partial charge in [0, 0.05) is 20.6 Å². The quantitative estimate of drug-likeness (QED) is 0.742. The highest BCUT2D eigenvalue weighted by atomic mass is 16.2. The zero-order chi connectivity index (χ0) is 13.2. The summed E-state index contributed by atoms with van der Waals surface area (Å²) >= 11 is 0. The molecular formula is C13H23N3O2. The minimum atomic E-state index is -0.259. The van der Waals surface area contributed by atoms with Crippen molar-refractivity contribution < 1.29 is 9.59 Å². The van der Waals surface area contributed by atoms with Gasteiger partial charge >= 0.3 is 0 Å². The SMILES string of the molecule is CN(C)C(=O)CNC(=O)[C@@]12CCCC[C@H]1CNC2. The lowest BCUT2D eigenvalue weighted by Gasteiger charge is -2.37. The molecule has 2 N–H and O–H groups in total. The Bertz CT molecular complexity index is 343. The van der Waals surface area contributed by atoms with Crippen LogP contribution in [0.25, 0.3) is 0 Å². The van der Waals surface area contributed by atoms with Gasteiger partial charge in [-0.2, -0.15) is 0 Å². The number of carbonyl (C=O) groups is 2. The minimum Gasteiger partial charge on any atom is -0.347 e. The number of amides is 2. The fourth-order valence-electron chi connectivity index (χ4n) is 3.18. The molecular weight excluding hydrogens is 230 g/mol. The van der Waals surface area contributed by atoms with Gasteiger partial charge in [-0.15, -0.1) is 0 Å². The number of nitrogens with one attached hydrogen (secondary N) is 2. The Hall–Kier alpha value is -1.10. The predicted octanol–water partition coefficient (Wildman–Crippen LogP) is -0.0294. The third-order valence-corrected chi connectivity index (χ3v) is 4.39. The van der Waals surface area contributed by atoms with Gasteiger partial charge in [-0.05, 0) is 25.3 Å². The average molecular weight is 253 g/mol. The Morgan fingerprint density at radius 3 is 2.89 bits per heavy atom. The van der Waals surface area contributed by atoms with Crippen LogP contribution in [-0.4, -0.2) is 50.4 Å². The summed E-state index contributed by atoms with van der Waals surface area (Å²) in [6.07, 6.45) is 4.42. The fraction of sp³-hybridized carbons (Fsp3) is 0.846. The minimum absolute atomic E-state index is 0.0573. The molecule has 18 heavy (non-hydrogen) atoms. The van der Waals surface area contributed by atoms with E-state index >= 15 is 0 Å². The summed E-state index contributed by atoms with van der Waals surface area (Å²) in [4.78, 5) is 25.4. The maximum atomic E-state index is 12.4. The largest absolute Gasteiger partial charge is 0.347 e. The van der Waals surface area contributed by atoms with E-state index in [1.165, 1.54) is 11.3 Å². The standard InChI is InChI=1S/C13H23N3O2/c1-16(2)11(17)8-15-12(18)13-6-4-3-5-10(13)7-14-9-13/h10,14H,3-9H2,1-2H3,(H,15,18)/t10-,13+/m0/s1. The van der Waals surface area contributed by atoms with Crippen molar-refractivity contribution in [1.82, 2.24) is 15.5 Å². The molecule has 102 valence electrons. The van der Waals surface area contributed by atoms with Crippen molar-refractivity contribution in [2.24, 2.45) is 11.3 Å². The van der Waals surface area contributed by atoms with Crippen molar-refractivity contribution in [3.8, 4) is 0 Å². The van der Waals surface area contributed by atoms with Gasteiger partial charge in [0.2, 0.25) is 11.8 Å². The molecule has 0 aromatic heterocycles. The summed E-state index contributed by atoms with van der Waals surface area (Å²) in [5.74, 6) is 0.450. The number of rotatable bonds is 3. The zero-order valence-corrected chi connectivity index (χ0v) is 11.3. The predicted molar refractivity (Wildman–Crippen MR) is 69.0 cm³/mol. The highest BCUT2D eigenvalue weighted by Gasteiger charge is 2.49. The lowest BCUT2D eigenvalue weighted by atomic mass is 9.67. The smallest absolute Gasteiger partial charge is 0.241 e. The number of carbonyl (C=O) groups excluding carboxylic acids is 2. The molecule has 1 saturated carbocycles. The first kappa shape index (κ1) is 13.3. The molecule has 1 heterocycles. The maximum absolute atomic E-state index is 12.4. The molecule has 2 aliphatic rings. The summed E-state index contributed by atoms with van der Waals surface area (Å²) in [5, 5.41) is 6.17. The lowest BCUT2D eigenvalue weighted by Crippen LogP contribution is -2.49. The summed E-state index contributed by atoms with van der Waals surface area (Å²) < 4.78 is 0. The second-order valence-corrected chi connectivity index (χ2v) is 5.70. The van der Waals surface area contributed by atoms with E-state index in [0.29, 0.717) is 5.92 Å². The average Bonchev–Trinajstić information content (AvgIpc) is 2.80. The molecule has 5 heteroatoms. The van der Waals surface area contributed by atoms with Crippen LogP contribution in [0.15, 0.2) is 0 Å². The third kappa shape index (κ3) is 2.36. The Balaban J connectivity index is 1.96. The van der Waals surface area contributed by atoms with E-state index in [9.17, 15) is 9.59 Å². The van der Waals surface area contributed by atoms with Crippen molar-refractivity contribution in [1.29, 1.82) is 0 Å². The van der Waals surface area contributed by atoms with Crippen LogP contribution in [-0.2, 0) is 9.59 Å². The molecule has 1 aliphatic carbocycles. The van der Waals surface area contributed by atoms with Crippen LogP contribution in [0, 0.1) is 11.3 Å². The number of hydrogen-bond donors (Lipinski definition) is 2. The van der Waals surface area contributed by atoms with Gasteiger partial charge in [0.1, 0.15) is 0 Å². The molecule has 0 aromatic carbocycles. The molecule has 0 radical (unpaired) electrons. The van der Waals surface area contributed by atoms with Crippen molar-refractivity contribution in [3.05, 3.63) is 0 Å². The summed E-state index contributed by atoms with van der Waals surface area (Å²) in [6, 6.07) is 0. The molecule has 2 atom stereocenters. The fourth-order valence-corrected chi connectivity index (χ4v) is 3.18. The van der Waals surface area contributed by atoms with Gasteiger partial charge < -0.3 is 15.5 Å². The molecule has 1 saturated heterocycles. The van der Waals surface area contributed by atoms with E-state index in [1.807, 2.05) is 0 Å². The van der Waals surface area contributed by atoms with Crippen molar-refractivity contribution >= 4 is 11.8 Å². The molecule has 2 fully saturated rings. The highest BCUT2D eigenvalue weighted by Crippen LogP contribution is 2.43.